The fraction of sp³-hybridized carbons (Fsp3) is 0.318. The molecule has 1 N–H and O–H groups in total. The number of amides is 1. The highest BCUT2D eigenvalue weighted by Crippen LogP contribution is 2.34. The van der Waals surface area contributed by atoms with Crippen molar-refractivity contribution >= 4 is 42.8 Å². The first kappa shape index (κ1) is 21.1. The van der Waals surface area contributed by atoms with Crippen LogP contribution in [0.15, 0.2) is 58.0 Å². The molecule has 8 heteroatoms. The van der Waals surface area contributed by atoms with Gasteiger partial charge in [-0.3, -0.25) is 4.79 Å². The molecule has 3 aromatic rings. The third-order valence-corrected chi connectivity index (χ3v) is 8.59. The molecule has 0 spiro atoms. The third kappa shape index (κ3) is 3.79. The number of carbonyl (C=O) groups excluding carboxylic acids is 1. The van der Waals surface area contributed by atoms with Crippen molar-refractivity contribution in [2.75, 3.05) is 27.2 Å². The number of nitrogens with zero attached hydrogens (tertiary/aromatic N) is 2. The van der Waals surface area contributed by atoms with Gasteiger partial charge in [-0.15, -0.1) is 0 Å². The lowest BCUT2D eigenvalue weighted by atomic mass is 9.89. The normalized spacial score (nSPS) is 15.8. The maximum atomic E-state index is 13.1. The van der Waals surface area contributed by atoms with Gasteiger partial charge in [-0.1, -0.05) is 18.2 Å². The van der Waals surface area contributed by atoms with E-state index < -0.39 is 10.0 Å². The number of para-hydroxylation sites is 1. The van der Waals surface area contributed by atoms with E-state index in [4.69, 9.17) is 0 Å². The molecule has 1 aromatic heterocycles. The Morgan fingerprint density at radius 1 is 1.13 bits per heavy atom. The zero-order valence-corrected chi connectivity index (χ0v) is 19.3. The number of aromatic nitrogens is 1. The summed E-state index contributed by atoms with van der Waals surface area (Å²) >= 11 is 3.30. The van der Waals surface area contributed by atoms with Crippen molar-refractivity contribution in [1.29, 1.82) is 0 Å². The van der Waals surface area contributed by atoms with Crippen LogP contribution in [0, 0.1) is 0 Å². The number of sulfonamides is 1. The number of H-pyrrole nitrogens is 1. The second-order valence-corrected chi connectivity index (χ2v) is 10.8. The molecule has 0 aliphatic carbocycles. The lowest BCUT2D eigenvalue weighted by Gasteiger charge is -2.32. The van der Waals surface area contributed by atoms with Crippen molar-refractivity contribution in [3.8, 4) is 0 Å². The molecule has 2 heterocycles. The molecule has 0 unspecified atom stereocenters. The van der Waals surface area contributed by atoms with E-state index >= 15 is 0 Å². The van der Waals surface area contributed by atoms with Crippen LogP contribution in [0.2, 0.25) is 0 Å². The number of piperidine rings is 1. The first-order valence-electron chi connectivity index (χ1n) is 9.86. The Hall–Kier alpha value is -2.16. The highest BCUT2D eigenvalue weighted by atomic mass is 79.9. The van der Waals surface area contributed by atoms with Crippen LogP contribution >= 0.6 is 15.9 Å². The summed E-state index contributed by atoms with van der Waals surface area (Å²) in [5.41, 5.74) is 2.83. The minimum atomic E-state index is -3.64. The van der Waals surface area contributed by atoms with Crippen LogP contribution in [0.5, 0.6) is 0 Å². The summed E-state index contributed by atoms with van der Waals surface area (Å²) in [7, 11) is -0.685. The Balaban J connectivity index is 1.51. The predicted octanol–water partition coefficient (Wildman–Crippen LogP) is 4.20. The van der Waals surface area contributed by atoms with Crippen molar-refractivity contribution in [2.45, 2.75) is 23.7 Å². The number of likely N-dealkylation sites (tertiary alicyclic amines) is 1. The van der Waals surface area contributed by atoms with Gasteiger partial charge in [0.15, 0.2) is 0 Å². The quantitative estimate of drug-likeness (QED) is 0.596. The summed E-state index contributed by atoms with van der Waals surface area (Å²) in [4.78, 5) is 18.3. The number of hydrogen-bond acceptors (Lipinski definition) is 3. The zero-order chi connectivity index (χ0) is 21.5. The summed E-state index contributed by atoms with van der Waals surface area (Å²) in [6, 6.07) is 13.0. The van der Waals surface area contributed by atoms with E-state index in [-0.39, 0.29) is 10.8 Å². The molecule has 0 radical (unpaired) electrons. The maximum Gasteiger partial charge on any atom is 0.253 e. The molecule has 30 heavy (non-hydrogen) atoms. The van der Waals surface area contributed by atoms with E-state index in [0.717, 1.165) is 22.7 Å². The number of benzene rings is 2. The number of aromatic amines is 1. The first-order valence-corrected chi connectivity index (χ1v) is 12.1. The molecule has 0 saturated carbocycles. The summed E-state index contributed by atoms with van der Waals surface area (Å²) in [5, 5.41) is 1.24. The Bertz CT molecular complexity index is 1200. The molecular formula is C22H24BrN3O3S. The largest absolute Gasteiger partial charge is 0.361 e. The van der Waals surface area contributed by atoms with Crippen LogP contribution < -0.4 is 0 Å². The molecule has 2 aromatic carbocycles. The Morgan fingerprint density at radius 3 is 2.53 bits per heavy atom. The Morgan fingerprint density at radius 2 is 1.83 bits per heavy atom. The topological polar surface area (TPSA) is 73.5 Å². The van der Waals surface area contributed by atoms with Gasteiger partial charge in [0.1, 0.15) is 0 Å². The Labute approximate surface area is 185 Å². The van der Waals surface area contributed by atoms with Gasteiger partial charge >= 0.3 is 0 Å². The number of hydrogen-bond donors (Lipinski definition) is 1. The second-order valence-electron chi connectivity index (χ2n) is 7.79. The minimum absolute atomic E-state index is 0.104. The number of halogens is 1. The molecule has 6 nitrogen and oxygen atoms in total. The number of fused-ring (bicyclic) bond motifs is 1. The number of nitrogens with one attached hydrogen (secondary N) is 1. The fourth-order valence-corrected chi connectivity index (χ4v) is 5.88. The number of rotatable bonds is 4. The molecule has 1 aliphatic heterocycles. The van der Waals surface area contributed by atoms with E-state index in [0.29, 0.717) is 29.0 Å². The molecule has 1 aliphatic rings. The highest BCUT2D eigenvalue weighted by molar-refractivity contribution is 9.10. The van der Waals surface area contributed by atoms with Crippen molar-refractivity contribution in [3.63, 3.8) is 0 Å². The maximum absolute atomic E-state index is 13.1. The van der Waals surface area contributed by atoms with Gasteiger partial charge in [0, 0.05) is 54.3 Å². The standard InChI is InChI=1S/C22H24BrN3O3S/c1-25(2)30(28,29)21-13-16(7-8-19(21)23)22(27)26-11-9-15(10-12-26)18-14-24-20-6-4-3-5-17(18)20/h3-8,13-15,24H,9-12H2,1-2H3. The van der Waals surface area contributed by atoms with E-state index in [9.17, 15) is 13.2 Å². The van der Waals surface area contributed by atoms with Crippen LogP contribution in [0.25, 0.3) is 10.9 Å². The van der Waals surface area contributed by atoms with Gasteiger partial charge in [0.05, 0.1) is 4.90 Å². The highest BCUT2D eigenvalue weighted by Gasteiger charge is 2.28. The predicted molar refractivity (Wildman–Crippen MR) is 121 cm³/mol. The SMILES string of the molecule is CN(C)S(=O)(=O)c1cc(C(=O)N2CCC(c3c[nH]c4ccccc34)CC2)ccc1Br. The average molecular weight is 490 g/mol. The van der Waals surface area contributed by atoms with Crippen molar-refractivity contribution in [1.82, 2.24) is 14.2 Å². The molecule has 158 valence electrons. The third-order valence-electron chi connectivity index (χ3n) is 5.78. The molecule has 1 fully saturated rings. The summed E-state index contributed by atoms with van der Waals surface area (Å²) < 4.78 is 26.7. The first-order chi connectivity index (χ1) is 14.3. The Kier molecular flexibility index (Phi) is 5.74. The van der Waals surface area contributed by atoms with Crippen LogP contribution in [0.4, 0.5) is 0 Å². The second kappa shape index (κ2) is 8.17. The van der Waals surface area contributed by atoms with E-state index in [2.05, 4.69) is 39.2 Å². The smallest absolute Gasteiger partial charge is 0.253 e. The van der Waals surface area contributed by atoms with Gasteiger partial charge in [0.25, 0.3) is 5.91 Å². The van der Waals surface area contributed by atoms with Gasteiger partial charge in [-0.05, 0) is 64.5 Å². The average Bonchev–Trinajstić information content (AvgIpc) is 3.17. The fourth-order valence-electron chi connectivity index (χ4n) is 4.04. The van der Waals surface area contributed by atoms with Crippen molar-refractivity contribution in [2.24, 2.45) is 0 Å². The van der Waals surface area contributed by atoms with Crippen molar-refractivity contribution < 1.29 is 13.2 Å². The van der Waals surface area contributed by atoms with E-state index in [1.807, 2.05) is 17.0 Å². The van der Waals surface area contributed by atoms with Gasteiger partial charge in [0.2, 0.25) is 10.0 Å². The molecule has 1 amide bonds. The summed E-state index contributed by atoms with van der Waals surface area (Å²) in [6.07, 6.45) is 3.85. The monoisotopic (exact) mass is 489 g/mol. The van der Waals surface area contributed by atoms with Crippen LogP contribution in [-0.2, 0) is 10.0 Å². The van der Waals surface area contributed by atoms with Gasteiger partial charge in [-0.2, -0.15) is 0 Å². The van der Waals surface area contributed by atoms with Crippen LogP contribution in [0.3, 0.4) is 0 Å². The lowest BCUT2D eigenvalue weighted by Crippen LogP contribution is -2.38. The van der Waals surface area contributed by atoms with Crippen molar-refractivity contribution in [3.05, 3.63) is 64.3 Å². The van der Waals surface area contributed by atoms with E-state index in [1.165, 1.54) is 31.1 Å². The minimum Gasteiger partial charge on any atom is -0.361 e. The molecule has 4 rings (SSSR count). The number of carbonyl (C=O) groups is 1. The van der Waals surface area contributed by atoms with E-state index in [1.54, 1.807) is 12.1 Å². The molecular weight excluding hydrogens is 466 g/mol. The van der Waals surface area contributed by atoms with Crippen LogP contribution in [0.1, 0.15) is 34.7 Å². The zero-order valence-electron chi connectivity index (χ0n) is 16.9. The summed E-state index contributed by atoms with van der Waals surface area (Å²) in [6.45, 7) is 1.30. The van der Waals surface area contributed by atoms with Gasteiger partial charge in [-0.25, -0.2) is 12.7 Å². The van der Waals surface area contributed by atoms with Crippen LogP contribution in [-0.4, -0.2) is 55.7 Å². The lowest BCUT2D eigenvalue weighted by molar-refractivity contribution is 0.0713. The summed E-state index contributed by atoms with van der Waals surface area (Å²) in [5.74, 6) is 0.273. The molecule has 1 saturated heterocycles. The van der Waals surface area contributed by atoms with Gasteiger partial charge < -0.3 is 9.88 Å². The molecule has 0 bridgehead atoms. The molecule has 0 atom stereocenters.